The molecule has 6 nitrogen and oxygen atoms in total. The summed E-state index contributed by atoms with van der Waals surface area (Å²) < 4.78 is 10.4. The van der Waals surface area contributed by atoms with Crippen molar-refractivity contribution < 1.29 is 18.7 Å². The van der Waals surface area contributed by atoms with Gasteiger partial charge < -0.3 is 19.0 Å². The molecule has 0 radical (unpaired) electrons. The maximum Gasteiger partial charge on any atom is 0.260 e. The molecule has 25 heavy (non-hydrogen) atoms. The third kappa shape index (κ3) is 4.27. The molecule has 1 aromatic carbocycles. The van der Waals surface area contributed by atoms with Gasteiger partial charge in [-0.2, -0.15) is 0 Å². The number of furan rings is 1. The predicted molar refractivity (Wildman–Crippen MR) is 93.1 cm³/mol. The Balaban J connectivity index is 1.50. The molecule has 2 amide bonds. The van der Waals surface area contributed by atoms with Crippen molar-refractivity contribution in [3.05, 3.63) is 52.4 Å². The first-order chi connectivity index (χ1) is 12.0. The van der Waals surface area contributed by atoms with E-state index >= 15 is 0 Å². The lowest BCUT2D eigenvalue weighted by Gasteiger charge is -2.34. The van der Waals surface area contributed by atoms with Gasteiger partial charge in [0.2, 0.25) is 0 Å². The van der Waals surface area contributed by atoms with Gasteiger partial charge >= 0.3 is 0 Å². The van der Waals surface area contributed by atoms with Crippen LogP contribution in [-0.2, 0) is 4.79 Å². The van der Waals surface area contributed by atoms with Crippen LogP contribution in [0.3, 0.4) is 0 Å². The fourth-order valence-electron chi connectivity index (χ4n) is 2.55. The third-order valence-electron chi connectivity index (χ3n) is 3.93. The molecule has 3 rings (SSSR count). The molecule has 8 heteroatoms. The number of halogens is 2. The van der Waals surface area contributed by atoms with E-state index in [1.54, 1.807) is 34.1 Å². The van der Waals surface area contributed by atoms with E-state index in [1.165, 1.54) is 12.5 Å². The zero-order chi connectivity index (χ0) is 17.8. The van der Waals surface area contributed by atoms with E-state index in [1.807, 2.05) is 0 Å². The molecule has 0 saturated carbocycles. The average molecular weight is 383 g/mol. The van der Waals surface area contributed by atoms with E-state index in [2.05, 4.69) is 0 Å². The molecule has 0 aliphatic carbocycles. The molecule has 0 bridgehead atoms. The molecular weight excluding hydrogens is 367 g/mol. The summed E-state index contributed by atoms with van der Waals surface area (Å²) in [6, 6.07) is 6.46. The quantitative estimate of drug-likeness (QED) is 0.815. The van der Waals surface area contributed by atoms with Gasteiger partial charge in [-0.1, -0.05) is 23.2 Å². The molecule has 1 aliphatic heterocycles. The molecule has 1 aromatic heterocycles. The van der Waals surface area contributed by atoms with Crippen molar-refractivity contribution in [3.63, 3.8) is 0 Å². The van der Waals surface area contributed by atoms with Gasteiger partial charge in [-0.15, -0.1) is 0 Å². The first-order valence-corrected chi connectivity index (χ1v) is 8.47. The van der Waals surface area contributed by atoms with Crippen LogP contribution in [0.15, 0.2) is 41.2 Å². The Labute approximate surface area is 154 Å². The summed E-state index contributed by atoms with van der Waals surface area (Å²) in [7, 11) is 0. The van der Waals surface area contributed by atoms with E-state index in [-0.39, 0.29) is 18.4 Å². The van der Waals surface area contributed by atoms with Crippen molar-refractivity contribution in [2.45, 2.75) is 0 Å². The number of piperazine rings is 1. The molecule has 0 unspecified atom stereocenters. The Bertz CT molecular complexity index is 756. The number of carbonyl (C=O) groups is 2. The highest BCUT2D eigenvalue weighted by Crippen LogP contribution is 2.27. The second-order valence-corrected chi connectivity index (χ2v) is 6.39. The minimum Gasteiger partial charge on any atom is -0.482 e. The number of amides is 2. The third-order valence-corrected chi connectivity index (χ3v) is 4.48. The SMILES string of the molecule is O=C(COc1cc(Cl)ccc1Cl)N1CCN(C(=O)c2ccoc2)CC1. The van der Waals surface area contributed by atoms with Gasteiger partial charge in [-0.05, 0) is 18.2 Å². The number of carbonyl (C=O) groups excluding carboxylic acids is 2. The van der Waals surface area contributed by atoms with Crippen molar-refractivity contribution >= 4 is 35.0 Å². The topological polar surface area (TPSA) is 63.0 Å². The molecule has 1 saturated heterocycles. The van der Waals surface area contributed by atoms with Crippen molar-refractivity contribution in [1.82, 2.24) is 9.80 Å². The van der Waals surface area contributed by atoms with E-state index in [0.29, 0.717) is 47.5 Å². The highest BCUT2D eigenvalue weighted by molar-refractivity contribution is 6.34. The fraction of sp³-hybridized carbons (Fsp3) is 0.294. The first-order valence-electron chi connectivity index (χ1n) is 7.71. The predicted octanol–water partition coefficient (Wildman–Crippen LogP) is 2.95. The van der Waals surface area contributed by atoms with Crippen LogP contribution >= 0.6 is 23.2 Å². The summed E-state index contributed by atoms with van der Waals surface area (Å²) in [6.07, 6.45) is 2.88. The molecule has 0 N–H and O–H groups in total. The van der Waals surface area contributed by atoms with Crippen molar-refractivity contribution in [3.8, 4) is 5.75 Å². The zero-order valence-corrected chi connectivity index (χ0v) is 14.8. The molecule has 0 atom stereocenters. The smallest absolute Gasteiger partial charge is 0.260 e. The summed E-state index contributed by atoms with van der Waals surface area (Å²) in [5.41, 5.74) is 0.513. The van der Waals surface area contributed by atoms with Crippen molar-refractivity contribution in [1.29, 1.82) is 0 Å². The van der Waals surface area contributed by atoms with Crippen molar-refractivity contribution in [2.75, 3.05) is 32.8 Å². The minimum absolute atomic E-state index is 0.0946. The Hall–Kier alpha value is -2.18. The van der Waals surface area contributed by atoms with E-state index in [9.17, 15) is 9.59 Å². The highest BCUT2D eigenvalue weighted by Gasteiger charge is 2.25. The normalized spacial score (nSPS) is 14.5. The number of hydrogen-bond donors (Lipinski definition) is 0. The molecule has 2 heterocycles. The average Bonchev–Trinajstić information content (AvgIpc) is 3.16. The summed E-state index contributed by atoms with van der Waals surface area (Å²) in [5, 5.41) is 0.881. The van der Waals surface area contributed by atoms with Gasteiger partial charge in [-0.25, -0.2) is 0 Å². The molecule has 2 aromatic rings. The zero-order valence-electron chi connectivity index (χ0n) is 13.3. The summed E-state index contributed by atoms with van der Waals surface area (Å²) in [5.74, 6) is 0.116. The largest absolute Gasteiger partial charge is 0.482 e. The van der Waals surface area contributed by atoms with Gasteiger partial charge in [0.1, 0.15) is 12.0 Å². The first kappa shape index (κ1) is 17.6. The van der Waals surface area contributed by atoms with E-state index in [0.717, 1.165) is 0 Å². The molecule has 0 spiro atoms. The molecule has 132 valence electrons. The van der Waals surface area contributed by atoms with Crippen LogP contribution in [0.25, 0.3) is 0 Å². The standard InChI is InChI=1S/C17H16Cl2N2O4/c18-13-1-2-14(19)15(9-13)25-11-16(22)20-4-6-21(7-5-20)17(23)12-3-8-24-10-12/h1-3,8-10H,4-7,11H2. The van der Waals surface area contributed by atoms with Crippen LogP contribution in [-0.4, -0.2) is 54.4 Å². The van der Waals surface area contributed by atoms with Crippen LogP contribution in [0.5, 0.6) is 5.75 Å². The minimum atomic E-state index is -0.161. The lowest BCUT2D eigenvalue weighted by Crippen LogP contribution is -2.51. The summed E-state index contributed by atoms with van der Waals surface area (Å²) >= 11 is 11.9. The molecular formula is C17H16Cl2N2O4. The second-order valence-electron chi connectivity index (χ2n) is 5.55. The number of hydrogen-bond acceptors (Lipinski definition) is 4. The van der Waals surface area contributed by atoms with E-state index < -0.39 is 0 Å². The number of rotatable bonds is 4. The summed E-state index contributed by atoms with van der Waals surface area (Å²) in [4.78, 5) is 27.9. The Morgan fingerprint density at radius 1 is 1.08 bits per heavy atom. The van der Waals surface area contributed by atoms with Crippen LogP contribution < -0.4 is 4.74 Å². The molecule has 1 fully saturated rings. The van der Waals surface area contributed by atoms with E-state index in [4.69, 9.17) is 32.4 Å². The number of ether oxygens (including phenoxy) is 1. The van der Waals surface area contributed by atoms with Crippen LogP contribution in [0, 0.1) is 0 Å². The Morgan fingerprint density at radius 2 is 1.80 bits per heavy atom. The van der Waals surface area contributed by atoms with Gasteiger partial charge in [-0.3, -0.25) is 9.59 Å². The van der Waals surface area contributed by atoms with Gasteiger partial charge in [0, 0.05) is 37.3 Å². The lowest BCUT2D eigenvalue weighted by atomic mass is 10.2. The van der Waals surface area contributed by atoms with Crippen molar-refractivity contribution in [2.24, 2.45) is 0 Å². The highest BCUT2D eigenvalue weighted by atomic mass is 35.5. The van der Waals surface area contributed by atoms with Crippen LogP contribution in [0.2, 0.25) is 10.0 Å². The number of nitrogens with zero attached hydrogens (tertiary/aromatic N) is 2. The van der Waals surface area contributed by atoms with Gasteiger partial charge in [0.05, 0.1) is 16.8 Å². The maximum atomic E-state index is 12.3. The number of benzene rings is 1. The molecule has 1 aliphatic rings. The lowest BCUT2D eigenvalue weighted by molar-refractivity contribution is -0.134. The van der Waals surface area contributed by atoms with Crippen LogP contribution in [0.1, 0.15) is 10.4 Å². The van der Waals surface area contributed by atoms with Crippen LogP contribution in [0.4, 0.5) is 0 Å². The monoisotopic (exact) mass is 382 g/mol. The maximum absolute atomic E-state index is 12.3. The Morgan fingerprint density at radius 3 is 2.48 bits per heavy atom. The summed E-state index contributed by atoms with van der Waals surface area (Å²) in [6.45, 7) is 1.71. The second kappa shape index (κ2) is 7.80. The Kier molecular flexibility index (Phi) is 5.50. The van der Waals surface area contributed by atoms with Gasteiger partial charge in [0.15, 0.2) is 6.61 Å². The van der Waals surface area contributed by atoms with Gasteiger partial charge in [0.25, 0.3) is 11.8 Å². The fourth-order valence-corrected chi connectivity index (χ4v) is 2.88.